The van der Waals surface area contributed by atoms with Crippen LogP contribution >= 0.6 is 0 Å². The third kappa shape index (κ3) is 5.19. The molecule has 0 unspecified atom stereocenters. The zero-order valence-electron chi connectivity index (χ0n) is 21.5. The van der Waals surface area contributed by atoms with Gasteiger partial charge in [0.25, 0.3) is 11.8 Å². The van der Waals surface area contributed by atoms with E-state index in [0.29, 0.717) is 31.9 Å². The molecule has 2 aromatic carbocycles. The van der Waals surface area contributed by atoms with Gasteiger partial charge in [-0.05, 0) is 17.2 Å². The Bertz CT molecular complexity index is 1340. The second-order valence-corrected chi connectivity index (χ2v) is 9.55. The lowest BCUT2D eigenvalue weighted by molar-refractivity contribution is -0.141. The van der Waals surface area contributed by atoms with E-state index in [1.165, 1.54) is 34.1 Å². The molecule has 4 amide bonds. The first-order valence-electron chi connectivity index (χ1n) is 12.8. The summed E-state index contributed by atoms with van der Waals surface area (Å²) in [4.78, 5) is 43.5. The van der Waals surface area contributed by atoms with Gasteiger partial charge < -0.3 is 15.0 Å². The van der Waals surface area contributed by atoms with Crippen molar-refractivity contribution < 1.29 is 32.3 Å². The summed E-state index contributed by atoms with van der Waals surface area (Å²) >= 11 is 0. The smallest absolute Gasteiger partial charge is 0.379 e. The van der Waals surface area contributed by atoms with Crippen molar-refractivity contribution in [1.82, 2.24) is 25.6 Å². The number of urea groups is 1. The van der Waals surface area contributed by atoms with Crippen molar-refractivity contribution >= 4 is 17.8 Å². The van der Waals surface area contributed by atoms with Crippen LogP contribution in [0.4, 0.5) is 18.0 Å². The number of morpholine rings is 1. The minimum Gasteiger partial charge on any atom is -0.379 e. The van der Waals surface area contributed by atoms with E-state index < -0.39 is 41.7 Å². The summed E-state index contributed by atoms with van der Waals surface area (Å²) in [6.07, 6.45) is -3.26. The van der Waals surface area contributed by atoms with Crippen molar-refractivity contribution in [1.29, 1.82) is 0 Å². The summed E-state index contributed by atoms with van der Waals surface area (Å²) < 4.78 is 47.3. The van der Waals surface area contributed by atoms with E-state index in [1.54, 1.807) is 35.3 Å². The number of hydrogen-bond acceptors (Lipinski definition) is 5. The van der Waals surface area contributed by atoms with Gasteiger partial charge in [-0.1, -0.05) is 54.6 Å². The summed E-state index contributed by atoms with van der Waals surface area (Å²) in [5.74, 6) is -1.12. The van der Waals surface area contributed by atoms with Gasteiger partial charge in [0, 0.05) is 19.6 Å². The lowest BCUT2D eigenvalue weighted by Crippen LogP contribution is -2.52. The van der Waals surface area contributed by atoms with Gasteiger partial charge in [0.1, 0.15) is 6.04 Å². The maximum Gasteiger partial charge on any atom is 0.416 e. The van der Waals surface area contributed by atoms with Crippen molar-refractivity contribution in [2.75, 3.05) is 39.4 Å². The fourth-order valence-electron chi connectivity index (χ4n) is 5.28. The highest BCUT2D eigenvalue weighted by Crippen LogP contribution is 2.43. The van der Waals surface area contributed by atoms with Crippen molar-refractivity contribution in [2.24, 2.45) is 0 Å². The molecule has 0 spiro atoms. The predicted molar refractivity (Wildman–Crippen MR) is 138 cm³/mol. The van der Waals surface area contributed by atoms with Gasteiger partial charge >= 0.3 is 12.2 Å². The Labute approximate surface area is 228 Å². The minimum absolute atomic E-state index is 0.0155. The highest BCUT2D eigenvalue weighted by atomic mass is 19.4. The molecule has 1 fully saturated rings. The molecule has 0 saturated carbocycles. The van der Waals surface area contributed by atoms with Crippen LogP contribution in [0.25, 0.3) is 0 Å². The number of hydrazine groups is 1. The Kier molecular flexibility index (Phi) is 7.63. The van der Waals surface area contributed by atoms with Crippen molar-refractivity contribution in [2.45, 2.75) is 18.3 Å². The Morgan fingerprint density at radius 2 is 1.77 bits per heavy atom. The monoisotopic (exact) mass is 555 g/mol. The number of benzene rings is 2. The summed E-state index contributed by atoms with van der Waals surface area (Å²) in [5.41, 5.74) is 2.38. The number of alkyl halides is 3. The van der Waals surface area contributed by atoms with Crippen molar-refractivity contribution in [3.8, 4) is 0 Å². The topological polar surface area (TPSA) is 94.2 Å². The van der Waals surface area contributed by atoms with Crippen molar-refractivity contribution in [3.63, 3.8) is 0 Å². The molecule has 12 heteroatoms. The summed E-state index contributed by atoms with van der Waals surface area (Å²) in [5, 5.41) is 4.29. The molecule has 3 aliphatic rings. The molecule has 3 aliphatic heterocycles. The van der Waals surface area contributed by atoms with E-state index in [4.69, 9.17) is 4.74 Å². The number of hydrogen-bond donors (Lipinski definition) is 2. The third-order valence-electron chi connectivity index (χ3n) is 7.09. The molecule has 2 atom stereocenters. The maximum atomic E-state index is 14.1. The Balaban J connectivity index is 1.57. The van der Waals surface area contributed by atoms with Gasteiger partial charge in [0.2, 0.25) is 0 Å². The van der Waals surface area contributed by atoms with E-state index in [9.17, 15) is 27.6 Å². The molecule has 2 N–H and O–H groups in total. The molecule has 3 heterocycles. The molecular weight excluding hydrogens is 527 g/mol. The van der Waals surface area contributed by atoms with Crippen LogP contribution in [-0.4, -0.2) is 72.0 Å². The second-order valence-electron chi connectivity index (χ2n) is 9.55. The first kappa shape index (κ1) is 27.4. The lowest BCUT2D eigenvalue weighted by Gasteiger charge is -2.33. The van der Waals surface area contributed by atoms with Gasteiger partial charge in [-0.2, -0.15) is 13.2 Å². The number of rotatable bonds is 7. The quantitative estimate of drug-likeness (QED) is 0.512. The Morgan fingerprint density at radius 3 is 2.45 bits per heavy atom. The van der Waals surface area contributed by atoms with Gasteiger partial charge in [0.15, 0.2) is 0 Å². The highest BCUT2D eigenvalue weighted by Gasteiger charge is 2.49. The fourth-order valence-corrected chi connectivity index (χ4v) is 5.28. The number of ether oxygens (including phenoxy) is 1. The van der Waals surface area contributed by atoms with E-state index in [2.05, 4.69) is 17.3 Å². The number of halogens is 3. The van der Waals surface area contributed by atoms with Gasteiger partial charge in [0.05, 0.1) is 42.6 Å². The number of nitrogens with one attached hydrogen (secondary N) is 2. The summed E-state index contributed by atoms with van der Waals surface area (Å²) in [7, 11) is 0. The molecule has 2 aromatic rings. The number of carbonyl (C=O) groups is 3. The molecule has 1 saturated heterocycles. The molecule has 9 nitrogen and oxygen atoms in total. The van der Waals surface area contributed by atoms with Gasteiger partial charge in [-0.15, -0.1) is 6.58 Å². The number of carbonyl (C=O) groups excluding carboxylic acids is 3. The van der Waals surface area contributed by atoms with Crippen LogP contribution in [-0.2, 0) is 20.5 Å². The molecule has 0 radical (unpaired) electrons. The molecule has 0 bridgehead atoms. The van der Waals surface area contributed by atoms with Crippen LogP contribution in [0.2, 0.25) is 0 Å². The largest absolute Gasteiger partial charge is 0.416 e. The average Bonchev–Trinajstić information content (AvgIpc) is 3.27. The first-order valence-corrected chi connectivity index (χ1v) is 12.8. The van der Waals surface area contributed by atoms with Crippen LogP contribution in [0.3, 0.4) is 0 Å². The zero-order valence-corrected chi connectivity index (χ0v) is 21.5. The van der Waals surface area contributed by atoms with Crippen LogP contribution < -0.4 is 10.7 Å². The van der Waals surface area contributed by atoms with Gasteiger partial charge in [-0.3, -0.25) is 19.9 Å². The molecule has 0 aliphatic carbocycles. The van der Waals surface area contributed by atoms with E-state index >= 15 is 0 Å². The van der Waals surface area contributed by atoms with Crippen LogP contribution in [0.15, 0.2) is 78.5 Å². The number of nitrogens with zero attached hydrogens (tertiary/aromatic N) is 3. The fraction of sp³-hybridized carbons (Fsp3) is 0.321. The molecule has 0 aromatic heterocycles. The predicted octanol–water partition coefficient (Wildman–Crippen LogP) is 3.16. The molecule has 210 valence electrons. The van der Waals surface area contributed by atoms with Crippen LogP contribution in [0.1, 0.15) is 28.8 Å². The normalized spacial score (nSPS) is 20.7. The molecule has 5 rings (SSSR count). The molecular formula is C28H28F3N5O4. The first-order chi connectivity index (χ1) is 19.2. The third-order valence-corrected chi connectivity index (χ3v) is 7.09. The summed E-state index contributed by atoms with van der Waals surface area (Å²) in [6, 6.07) is 10.3. The van der Waals surface area contributed by atoms with E-state index in [-0.39, 0.29) is 29.9 Å². The second kappa shape index (κ2) is 11.1. The average molecular weight is 556 g/mol. The van der Waals surface area contributed by atoms with Gasteiger partial charge in [-0.25, -0.2) is 9.80 Å². The van der Waals surface area contributed by atoms with Crippen molar-refractivity contribution in [3.05, 3.63) is 95.2 Å². The van der Waals surface area contributed by atoms with Crippen LogP contribution in [0, 0.1) is 0 Å². The SMILES string of the molecule is C=CCN1C(=O)N[C@H](c2ccccc2C(F)(F)F)C2=C1CN([C@@H](C(=O)NN1CCOCC1)c1ccccc1)C2=O. The standard InChI is InChI=1S/C28H28F3N5O4/c1-2-12-35-21-17-36(24(18-8-4-3-5-9-18)25(37)33-34-13-15-40-16-14-34)26(38)22(21)23(32-27(35)39)19-10-6-7-11-20(19)28(29,30)31/h2-11,23-24H,1,12-17H2,(H,32,39)(H,33,37)/t23-,24-/m1/s1. The minimum atomic E-state index is -4.72. The number of amides is 4. The Hall–Kier alpha value is -4.16. The van der Waals surface area contributed by atoms with E-state index in [1.807, 2.05) is 0 Å². The summed E-state index contributed by atoms with van der Waals surface area (Å²) in [6.45, 7) is 5.31. The van der Waals surface area contributed by atoms with Crippen LogP contribution in [0.5, 0.6) is 0 Å². The Morgan fingerprint density at radius 1 is 1.10 bits per heavy atom. The molecule has 40 heavy (non-hydrogen) atoms. The highest BCUT2D eigenvalue weighted by molar-refractivity contribution is 6.04. The van der Waals surface area contributed by atoms with E-state index in [0.717, 1.165) is 6.07 Å². The zero-order chi connectivity index (χ0) is 28.4. The lowest BCUT2D eigenvalue weighted by atomic mass is 9.91. The maximum absolute atomic E-state index is 14.1.